The lowest BCUT2D eigenvalue weighted by atomic mass is 9.98. The minimum atomic E-state index is -0.393. The Morgan fingerprint density at radius 1 is 1.00 bits per heavy atom. The van der Waals surface area contributed by atoms with Crippen molar-refractivity contribution in [1.82, 2.24) is 4.90 Å². The standard InChI is InChI=1S/C13H30N2O4/c1-13(11-14,12(18-4)19-5)15(8-10-17-3)7-6-9-16-2/h12H,6-11,14H2,1-5H3. The van der Waals surface area contributed by atoms with Gasteiger partial charge >= 0.3 is 0 Å². The summed E-state index contributed by atoms with van der Waals surface area (Å²) in [6.07, 6.45) is 0.549. The predicted molar refractivity (Wildman–Crippen MR) is 75.2 cm³/mol. The van der Waals surface area contributed by atoms with Gasteiger partial charge in [-0.15, -0.1) is 0 Å². The number of ether oxygens (including phenoxy) is 4. The average Bonchev–Trinajstić information content (AvgIpc) is 2.43. The number of hydrogen-bond donors (Lipinski definition) is 1. The molecule has 0 fully saturated rings. The van der Waals surface area contributed by atoms with Crippen molar-refractivity contribution in [2.24, 2.45) is 5.73 Å². The van der Waals surface area contributed by atoms with Crippen LogP contribution in [0, 0.1) is 0 Å². The maximum atomic E-state index is 5.96. The zero-order chi connectivity index (χ0) is 14.7. The van der Waals surface area contributed by atoms with E-state index in [0.717, 1.165) is 26.1 Å². The van der Waals surface area contributed by atoms with Crippen LogP contribution in [0.1, 0.15) is 13.3 Å². The fourth-order valence-electron chi connectivity index (χ4n) is 2.20. The van der Waals surface area contributed by atoms with E-state index < -0.39 is 5.54 Å². The molecule has 6 nitrogen and oxygen atoms in total. The molecule has 0 bridgehead atoms. The maximum absolute atomic E-state index is 5.96. The normalized spacial score (nSPS) is 15.2. The monoisotopic (exact) mass is 278 g/mol. The van der Waals surface area contributed by atoms with E-state index in [2.05, 4.69) is 4.90 Å². The van der Waals surface area contributed by atoms with Gasteiger partial charge in [0.2, 0.25) is 0 Å². The summed E-state index contributed by atoms with van der Waals surface area (Å²) >= 11 is 0. The van der Waals surface area contributed by atoms with Gasteiger partial charge in [-0.3, -0.25) is 4.90 Å². The van der Waals surface area contributed by atoms with Crippen LogP contribution in [0.5, 0.6) is 0 Å². The molecular weight excluding hydrogens is 248 g/mol. The summed E-state index contributed by atoms with van der Waals surface area (Å²) in [5.41, 5.74) is 5.57. The van der Waals surface area contributed by atoms with E-state index in [1.165, 1.54) is 0 Å². The van der Waals surface area contributed by atoms with Crippen LogP contribution in [-0.4, -0.2) is 78.0 Å². The second-order valence-corrected chi connectivity index (χ2v) is 4.69. The van der Waals surface area contributed by atoms with Crippen LogP contribution < -0.4 is 5.73 Å². The van der Waals surface area contributed by atoms with E-state index in [-0.39, 0.29) is 6.29 Å². The van der Waals surface area contributed by atoms with Gasteiger partial charge in [0.25, 0.3) is 0 Å². The van der Waals surface area contributed by atoms with Gasteiger partial charge in [0.15, 0.2) is 6.29 Å². The Morgan fingerprint density at radius 3 is 2.00 bits per heavy atom. The van der Waals surface area contributed by atoms with E-state index in [1.54, 1.807) is 28.4 Å². The lowest BCUT2D eigenvalue weighted by molar-refractivity contribution is -0.183. The largest absolute Gasteiger partial charge is 0.385 e. The van der Waals surface area contributed by atoms with Crippen LogP contribution in [0.15, 0.2) is 0 Å². The molecule has 0 saturated heterocycles. The maximum Gasteiger partial charge on any atom is 0.176 e. The fourth-order valence-corrected chi connectivity index (χ4v) is 2.20. The number of hydrogen-bond acceptors (Lipinski definition) is 6. The molecule has 2 N–H and O–H groups in total. The van der Waals surface area contributed by atoms with Crippen molar-refractivity contribution < 1.29 is 18.9 Å². The lowest BCUT2D eigenvalue weighted by Gasteiger charge is -2.44. The summed E-state index contributed by atoms with van der Waals surface area (Å²) < 4.78 is 21.1. The Hall–Kier alpha value is -0.240. The molecule has 0 radical (unpaired) electrons. The third kappa shape index (κ3) is 5.72. The number of nitrogens with two attached hydrogens (primary N) is 1. The molecule has 6 heteroatoms. The highest BCUT2D eigenvalue weighted by molar-refractivity contribution is 4.91. The van der Waals surface area contributed by atoms with Gasteiger partial charge in [-0.25, -0.2) is 0 Å². The first-order valence-corrected chi connectivity index (χ1v) is 6.59. The minimum Gasteiger partial charge on any atom is -0.385 e. The first-order valence-electron chi connectivity index (χ1n) is 6.59. The van der Waals surface area contributed by atoms with Crippen LogP contribution in [0.4, 0.5) is 0 Å². The zero-order valence-corrected chi connectivity index (χ0v) is 13.0. The van der Waals surface area contributed by atoms with E-state index in [0.29, 0.717) is 13.2 Å². The molecule has 0 amide bonds. The summed E-state index contributed by atoms with van der Waals surface area (Å²) in [4.78, 5) is 2.24. The van der Waals surface area contributed by atoms with E-state index >= 15 is 0 Å². The molecule has 0 aromatic carbocycles. The summed E-state index contributed by atoms with van der Waals surface area (Å²) in [6.45, 7) is 5.48. The molecule has 0 aliphatic rings. The third-order valence-corrected chi connectivity index (χ3v) is 3.41. The third-order valence-electron chi connectivity index (χ3n) is 3.41. The number of rotatable bonds is 12. The molecule has 0 saturated carbocycles. The summed E-state index contributed by atoms with van der Waals surface area (Å²) in [7, 11) is 6.66. The number of nitrogens with zero attached hydrogens (tertiary/aromatic N) is 1. The first kappa shape index (κ1) is 18.8. The minimum absolute atomic E-state index is 0.378. The Labute approximate surface area is 117 Å². The van der Waals surface area contributed by atoms with Gasteiger partial charge in [0.05, 0.1) is 12.1 Å². The first-order chi connectivity index (χ1) is 9.10. The van der Waals surface area contributed by atoms with Crippen molar-refractivity contribution in [3.8, 4) is 0 Å². The van der Waals surface area contributed by atoms with Gasteiger partial charge in [-0.2, -0.15) is 0 Å². The van der Waals surface area contributed by atoms with Crippen LogP contribution in [0.25, 0.3) is 0 Å². The molecular formula is C13H30N2O4. The lowest BCUT2D eigenvalue weighted by Crippen LogP contribution is -2.61. The Bertz CT molecular complexity index is 215. The highest BCUT2D eigenvalue weighted by Crippen LogP contribution is 2.22. The van der Waals surface area contributed by atoms with Crippen molar-refractivity contribution in [3.63, 3.8) is 0 Å². The second kappa shape index (κ2) is 10.5. The molecule has 0 rings (SSSR count). The van der Waals surface area contributed by atoms with Gasteiger partial charge in [0, 0.05) is 54.7 Å². The highest BCUT2D eigenvalue weighted by atomic mass is 16.7. The highest BCUT2D eigenvalue weighted by Gasteiger charge is 2.39. The van der Waals surface area contributed by atoms with Crippen molar-refractivity contribution in [2.75, 3.05) is 61.3 Å². The molecule has 1 unspecified atom stereocenters. The molecule has 19 heavy (non-hydrogen) atoms. The molecule has 116 valence electrons. The Balaban J connectivity index is 4.80. The van der Waals surface area contributed by atoms with Crippen LogP contribution in [-0.2, 0) is 18.9 Å². The van der Waals surface area contributed by atoms with E-state index in [1.807, 2.05) is 6.92 Å². The SMILES string of the molecule is COCCCN(CCOC)C(C)(CN)C(OC)OC. The summed E-state index contributed by atoms with van der Waals surface area (Å²) in [5.74, 6) is 0. The molecule has 1 atom stereocenters. The number of methoxy groups -OCH3 is 4. The van der Waals surface area contributed by atoms with Crippen molar-refractivity contribution in [2.45, 2.75) is 25.2 Å². The topological polar surface area (TPSA) is 66.2 Å². The fraction of sp³-hybridized carbons (Fsp3) is 1.00. The zero-order valence-electron chi connectivity index (χ0n) is 13.0. The molecule has 0 aromatic rings. The molecule has 0 aliphatic heterocycles. The molecule has 0 heterocycles. The second-order valence-electron chi connectivity index (χ2n) is 4.69. The van der Waals surface area contributed by atoms with Crippen molar-refractivity contribution in [1.29, 1.82) is 0 Å². The summed E-state index contributed by atoms with van der Waals surface area (Å²) in [5, 5.41) is 0. The smallest absolute Gasteiger partial charge is 0.176 e. The Morgan fingerprint density at radius 2 is 1.58 bits per heavy atom. The Kier molecular flexibility index (Phi) is 10.4. The van der Waals surface area contributed by atoms with Gasteiger partial charge in [0.1, 0.15) is 0 Å². The molecule has 0 spiro atoms. The van der Waals surface area contributed by atoms with Gasteiger partial charge in [-0.1, -0.05) is 0 Å². The van der Waals surface area contributed by atoms with Crippen LogP contribution in [0.3, 0.4) is 0 Å². The van der Waals surface area contributed by atoms with Crippen molar-refractivity contribution >= 4 is 0 Å². The summed E-state index contributed by atoms with van der Waals surface area (Å²) in [6, 6.07) is 0. The van der Waals surface area contributed by atoms with Gasteiger partial charge in [-0.05, 0) is 13.3 Å². The van der Waals surface area contributed by atoms with Crippen molar-refractivity contribution in [3.05, 3.63) is 0 Å². The van der Waals surface area contributed by atoms with E-state index in [9.17, 15) is 0 Å². The molecule has 0 aromatic heterocycles. The predicted octanol–water partition coefficient (Wildman–Crippen LogP) is 0.308. The van der Waals surface area contributed by atoms with Crippen LogP contribution in [0.2, 0.25) is 0 Å². The van der Waals surface area contributed by atoms with E-state index in [4.69, 9.17) is 24.7 Å². The molecule has 0 aliphatic carbocycles. The van der Waals surface area contributed by atoms with Gasteiger partial charge < -0.3 is 24.7 Å². The van der Waals surface area contributed by atoms with Crippen LogP contribution >= 0.6 is 0 Å². The average molecular weight is 278 g/mol. The quantitative estimate of drug-likeness (QED) is 0.409.